The van der Waals surface area contributed by atoms with E-state index in [1.165, 1.54) is 0 Å². The number of amidine groups is 1. The summed E-state index contributed by atoms with van der Waals surface area (Å²) in [6, 6.07) is -0.677. The molecule has 1 unspecified atom stereocenters. The highest BCUT2D eigenvalue weighted by Crippen LogP contribution is 1.98. The monoisotopic (exact) mass is 252 g/mol. The summed E-state index contributed by atoms with van der Waals surface area (Å²) >= 11 is 0. The molecule has 0 aliphatic heterocycles. The molecular weight excluding hydrogens is 232 g/mol. The van der Waals surface area contributed by atoms with E-state index in [1.807, 2.05) is 13.8 Å². The lowest BCUT2D eigenvalue weighted by atomic mass is 10.2. The fourth-order valence-corrected chi connectivity index (χ4v) is 2.26. The number of nitrogens with zero attached hydrogens (tertiary/aromatic N) is 1. The Morgan fingerprint density at radius 3 is 2.50 bits per heavy atom. The molecule has 0 amide bonds. The second-order valence-corrected chi connectivity index (χ2v) is 4.91. The van der Waals surface area contributed by atoms with Crippen LogP contribution >= 0.6 is 0 Å². The first-order valence-corrected chi connectivity index (χ1v) is 6.69. The highest BCUT2D eigenvalue weighted by molar-refractivity contribution is 7.87. The summed E-state index contributed by atoms with van der Waals surface area (Å²) in [6.45, 7) is 4.09. The van der Waals surface area contributed by atoms with Gasteiger partial charge in [0.2, 0.25) is 0 Å². The zero-order valence-corrected chi connectivity index (χ0v) is 10.4. The van der Waals surface area contributed by atoms with Crippen LogP contribution in [-0.4, -0.2) is 32.0 Å². The van der Waals surface area contributed by atoms with Gasteiger partial charge in [-0.15, -0.1) is 0 Å². The van der Waals surface area contributed by atoms with Crippen molar-refractivity contribution in [1.82, 2.24) is 9.44 Å². The van der Waals surface area contributed by atoms with Crippen LogP contribution in [0.15, 0.2) is 5.16 Å². The minimum absolute atomic E-state index is 0.135. The molecule has 7 nitrogen and oxygen atoms in total. The van der Waals surface area contributed by atoms with Crippen molar-refractivity contribution in [3.63, 3.8) is 0 Å². The third kappa shape index (κ3) is 5.89. The smallest absolute Gasteiger partial charge is 0.277 e. The fourth-order valence-electron chi connectivity index (χ4n) is 1.09. The third-order valence-electron chi connectivity index (χ3n) is 1.89. The van der Waals surface area contributed by atoms with Gasteiger partial charge in [-0.2, -0.15) is 13.1 Å². The lowest BCUT2D eigenvalue weighted by Gasteiger charge is -2.16. The highest BCUT2D eigenvalue weighted by atomic mass is 32.2. The molecule has 0 fully saturated rings. The summed E-state index contributed by atoms with van der Waals surface area (Å²) in [5.41, 5.74) is 5.38. The third-order valence-corrected chi connectivity index (χ3v) is 3.07. The van der Waals surface area contributed by atoms with Crippen LogP contribution in [0.5, 0.6) is 0 Å². The Balaban J connectivity index is 4.50. The predicted octanol–water partition coefficient (Wildman–Crippen LogP) is -0.264. The van der Waals surface area contributed by atoms with Gasteiger partial charge in [0.05, 0.1) is 6.04 Å². The van der Waals surface area contributed by atoms with Crippen molar-refractivity contribution >= 4 is 16.0 Å². The Hall–Kier alpha value is -0.860. The molecule has 0 saturated carbocycles. The molecule has 0 aliphatic rings. The molecule has 0 aliphatic carbocycles. The van der Waals surface area contributed by atoms with Crippen LogP contribution in [0.25, 0.3) is 0 Å². The first-order valence-electron chi connectivity index (χ1n) is 5.21. The average Bonchev–Trinajstić information content (AvgIpc) is 2.24. The van der Waals surface area contributed by atoms with Crippen molar-refractivity contribution in [2.75, 3.05) is 6.54 Å². The van der Waals surface area contributed by atoms with Gasteiger partial charge < -0.3 is 10.9 Å². The molecule has 0 spiro atoms. The molecule has 0 rings (SSSR count). The Kier molecular flexibility index (Phi) is 7.02. The van der Waals surface area contributed by atoms with Crippen molar-refractivity contribution in [1.29, 1.82) is 0 Å². The quantitative estimate of drug-likeness (QED) is 0.206. The Morgan fingerprint density at radius 1 is 1.44 bits per heavy atom. The van der Waals surface area contributed by atoms with Crippen LogP contribution in [0.3, 0.4) is 0 Å². The van der Waals surface area contributed by atoms with Gasteiger partial charge in [-0.05, 0) is 12.8 Å². The van der Waals surface area contributed by atoms with Crippen molar-refractivity contribution in [2.45, 2.75) is 39.2 Å². The summed E-state index contributed by atoms with van der Waals surface area (Å²) in [5, 5.41) is 11.3. The molecular formula is C8H20N4O3S. The second-order valence-electron chi connectivity index (χ2n) is 3.38. The molecule has 8 heteroatoms. The standard InChI is InChI=1S/C8H20N4O3S/c1-3-5-7(8(9)11-13)12-16(14,15)10-6-4-2/h7,10,12-13H,3-6H2,1-2H3,(H2,9,11). The van der Waals surface area contributed by atoms with E-state index < -0.39 is 16.3 Å². The normalized spacial score (nSPS) is 15.0. The summed E-state index contributed by atoms with van der Waals surface area (Å²) in [7, 11) is -3.59. The molecule has 0 aromatic carbocycles. The minimum atomic E-state index is -3.59. The zero-order valence-electron chi connectivity index (χ0n) is 9.60. The molecule has 5 N–H and O–H groups in total. The van der Waals surface area contributed by atoms with E-state index in [1.54, 1.807) is 0 Å². The van der Waals surface area contributed by atoms with E-state index >= 15 is 0 Å². The molecule has 0 heterocycles. The van der Waals surface area contributed by atoms with Crippen LogP contribution in [0.1, 0.15) is 33.1 Å². The molecule has 0 radical (unpaired) electrons. The van der Waals surface area contributed by atoms with Crippen LogP contribution in [0.2, 0.25) is 0 Å². The number of nitrogens with two attached hydrogens (primary N) is 1. The number of nitrogens with one attached hydrogen (secondary N) is 2. The van der Waals surface area contributed by atoms with E-state index in [0.717, 1.165) is 6.42 Å². The Morgan fingerprint density at radius 2 is 2.06 bits per heavy atom. The molecule has 0 bridgehead atoms. The van der Waals surface area contributed by atoms with E-state index in [-0.39, 0.29) is 5.84 Å². The van der Waals surface area contributed by atoms with Gasteiger partial charge in [-0.25, -0.2) is 4.72 Å². The van der Waals surface area contributed by atoms with Crippen molar-refractivity contribution < 1.29 is 13.6 Å². The van der Waals surface area contributed by atoms with Gasteiger partial charge in [-0.1, -0.05) is 25.4 Å². The second kappa shape index (κ2) is 7.42. The molecule has 16 heavy (non-hydrogen) atoms. The highest BCUT2D eigenvalue weighted by Gasteiger charge is 2.19. The summed E-state index contributed by atoms with van der Waals surface area (Å²) in [5.74, 6) is -0.135. The number of hydrogen-bond acceptors (Lipinski definition) is 4. The number of oxime groups is 1. The fraction of sp³-hybridized carbons (Fsp3) is 0.875. The van der Waals surface area contributed by atoms with Crippen LogP contribution in [0, 0.1) is 0 Å². The van der Waals surface area contributed by atoms with Gasteiger partial charge in [0.15, 0.2) is 5.84 Å². The van der Waals surface area contributed by atoms with Crippen molar-refractivity contribution in [3.8, 4) is 0 Å². The van der Waals surface area contributed by atoms with E-state index in [2.05, 4.69) is 14.6 Å². The Labute approximate surface area is 96.3 Å². The Bertz CT molecular complexity index is 315. The molecule has 0 aromatic heterocycles. The van der Waals surface area contributed by atoms with E-state index in [0.29, 0.717) is 19.4 Å². The summed E-state index contributed by atoms with van der Waals surface area (Å²) < 4.78 is 27.6. The zero-order chi connectivity index (χ0) is 12.6. The van der Waals surface area contributed by atoms with Gasteiger partial charge in [0.1, 0.15) is 0 Å². The number of hydrogen-bond donors (Lipinski definition) is 4. The first-order chi connectivity index (χ1) is 7.46. The van der Waals surface area contributed by atoms with Gasteiger partial charge in [0.25, 0.3) is 10.2 Å². The molecule has 96 valence electrons. The lowest BCUT2D eigenvalue weighted by Crippen LogP contribution is -2.48. The summed E-state index contributed by atoms with van der Waals surface area (Å²) in [4.78, 5) is 0. The maximum Gasteiger partial charge on any atom is 0.277 e. The van der Waals surface area contributed by atoms with Gasteiger partial charge in [0, 0.05) is 6.54 Å². The molecule has 0 aromatic rings. The van der Waals surface area contributed by atoms with Crippen molar-refractivity contribution in [3.05, 3.63) is 0 Å². The lowest BCUT2D eigenvalue weighted by molar-refractivity contribution is 0.315. The summed E-state index contributed by atoms with van der Waals surface area (Å²) in [6.07, 6.45) is 1.89. The minimum Gasteiger partial charge on any atom is -0.409 e. The van der Waals surface area contributed by atoms with E-state index in [4.69, 9.17) is 10.9 Å². The van der Waals surface area contributed by atoms with Crippen LogP contribution < -0.4 is 15.2 Å². The molecule has 1 atom stereocenters. The average molecular weight is 252 g/mol. The maximum absolute atomic E-state index is 11.5. The topological polar surface area (TPSA) is 117 Å². The number of rotatable bonds is 8. The van der Waals surface area contributed by atoms with E-state index in [9.17, 15) is 8.42 Å². The maximum atomic E-state index is 11.5. The van der Waals surface area contributed by atoms with Crippen molar-refractivity contribution in [2.24, 2.45) is 10.9 Å². The van der Waals surface area contributed by atoms with Gasteiger partial charge >= 0.3 is 0 Å². The van der Waals surface area contributed by atoms with Crippen LogP contribution in [-0.2, 0) is 10.2 Å². The van der Waals surface area contributed by atoms with Crippen LogP contribution in [0.4, 0.5) is 0 Å². The SMILES string of the molecule is CCCNS(=O)(=O)NC(CCC)C(N)=NO. The largest absolute Gasteiger partial charge is 0.409 e. The first kappa shape index (κ1) is 15.1. The predicted molar refractivity (Wildman–Crippen MR) is 62.5 cm³/mol. The van der Waals surface area contributed by atoms with Gasteiger partial charge in [-0.3, -0.25) is 0 Å². The molecule has 0 saturated heterocycles.